The summed E-state index contributed by atoms with van der Waals surface area (Å²) in [5.41, 5.74) is 1.29. The molecule has 0 aliphatic rings. The summed E-state index contributed by atoms with van der Waals surface area (Å²) in [6.07, 6.45) is 1.73. The molecule has 0 aliphatic carbocycles. The van der Waals surface area contributed by atoms with E-state index in [1.807, 2.05) is 0 Å². The Labute approximate surface area is 88.4 Å². The Hall–Kier alpha value is -1.46. The van der Waals surface area contributed by atoms with Crippen LogP contribution in [0.3, 0.4) is 0 Å². The highest BCUT2D eigenvalue weighted by Gasteiger charge is 2.07. The van der Waals surface area contributed by atoms with E-state index in [0.717, 1.165) is 5.56 Å². The Balaban J connectivity index is 3.31. The lowest BCUT2D eigenvalue weighted by Crippen LogP contribution is -1.90. The van der Waals surface area contributed by atoms with Crippen molar-refractivity contribution >= 4 is 17.2 Å². The van der Waals surface area contributed by atoms with Gasteiger partial charge in [0.05, 0.1) is 18.8 Å². The van der Waals surface area contributed by atoms with E-state index in [0.29, 0.717) is 16.3 Å². The molecule has 0 bridgehead atoms. The van der Waals surface area contributed by atoms with Crippen LogP contribution in [0.15, 0.2) is 24.3 Å². The third kappa shape index (κ3) is 2.07. The van der Waals surface area contributed by atoms with Crippen molar-refractivity contribution in [3.05, 3.63) is 34.9 Å². The molecule has 2 nitrogen and oxygen atoms in total. The maximum Gasteiger partial charge on any atom is 0.127 e. The van der Waals surface area contributed by atoms with Gasteiger partial charge in [0.1, 0.15) is 5.75 Å². The summed E-state index contributed by atoms with van der Waals surface area (Å²) >= 11 is 5.84. The molecule has 0 saturated carbocycles. The molecule has 0 aromatic heterocycles. The average molecular weight is 208 g/mol. The standard InChI is InChI=1S/C11H10ClNO/c1-3-8(7-13)10-6-9(12)4-5-11(10)14-2/h3-6H,1-2H3/b8-3+. The summed E-state index contributed by atoms with van der Waals surface area (Å²) in [5, 5.41) is 9.47. The number of allylic oxidation sites excluding steroid dienone is 2. The van der Waals surface area contributed by atoms with Crippen molar-refractivity contribution < 1.29 is 4.74 Å². The smallest absolute Gasteiger partial charge is 0.127 e. The second-order valence-corrected chi connectivity index (χ2v) is 3.10. The average Bonchev–Trinajstić information content (AvgIpc) is 2.20. The highest BCUT2D eigenvalue weighted by Crippen LogP contribution is 2.28. The van der Waals surface area contributed by atoms with E-state index in [1.165, 1.54) is 0 Å². The van der Waals surface area contributed by atoms with Gasteiger partial charge in [-0.15, -0.1) is 0 Å². The van der Waals surface area contributed by atoms with Gasteiger partial charge in [-0.25, -0.2) is 0 Å². The van der Waals surface area contributed by atoms with Crippen molar-refractivity contribution in [1.82, 2.24) is 0 Å². The summed E-state index contributed by atoms with van der Waals surface area (Å²) in [6, 6.07) is 7.29. The molecule has 0 amide bonds. The third-order valence-corrected chi connectivity index (χ3v) is 2.10. The van der Waals surface area contributed by atoms with Crippen LogP contribution in [0.4, 0.5) is 0 Å². The minimum Gasteiger partial charge on any atom is -0.496 e. The number of hydrogen-bond acceptors (Lipinski definition) is 2. The van der Waals surface area contributed by atoms with Crippen molar-refractivity contribution in [3.63, 3.8) is 0 Å². The lowest BCUT2D eigenvalue weighted by atomic mass is 10.1. The number of nitriles is 1. The minimum absolute atomic E-state index is 0.560. The van der Waals surface area contributed by atoms with Gasteiger partial charge in [0.15, 0.2) is 0 Å². The van der Waals surface area contributed by atoms with Crippen molar-refractivity contribution in [3.8, 4) is 11.8 Å². The fourth-order valence-electron chi connectivity index (χ4n) is 1.17. The number of methoxy groups -OCH3 is 1. The molecule has 3 heteroatoms. The zero-order valence-electron chi connectivity index (χ0n) is 8.04. The Morgan fingerprint density at radius 1 is 1.57 bits per heavy atom. The normalized spacial score (nSPS) is 10.9. The molecule has 14 heavy (non-hydrogen) atoms. The van der Waals surface area contributed by atoms with E-state index in [9.17, 15) is 0 Å². The molecular formula is C11H10ClNO. The lowest BCUT2D eigenvalue weighted by molar-refractivity contribution is 0.413. The van der Waals surface area contributed by atoms with Crippen LogP contribution in [0.1, 0.15) is 12.5 Å². The van der Waals surface area contributed by atoms with Gasteiger partial charge in [0, 0.05) is 10.6 Å². The molecule has 0 fully saturated rings. The number of rotatable bonds is 2. The number of benzene rings is 1. The maximum absolute atomic E-state index is 8.87. The van der Waals surface area contributed by atoms with Gasteiger partial charge in [-0.3, -0.25) is 0 Å². The molecule has 1 rings (SSSR count). The van der Waals surface area contributed by atoms with Crippen molar-refractivity contribution in [2.45, 2.75) is 6.92 Å². The molecule has 0 atom stereocenters. The Morgan fingerprint density at radius 3 is 2.79 bits per heavy atom. The highest BCUT2D eigenvalue weighted by atomic mass is 35.5. The Morgan fingerprint density at radius 2 is 2.29 bits per heavy atom. The van der Waals surface area contributed by atoms with Gasteiger partial charge in [0.25, 0.3) is 0 Å². The summed E-state index contributed by atoms with van der Waals surface area (Å²) in [6.45, 7) is 1.80. The van der Waals surface area contributed by atoms with Gasteiger partial charge < -0.3 is 4.74 Å². The summed E-state index contributed by atoms with van der Waals surface area (Å²) in [7, 11) is 1.57. The first-order chi connectivity index (χ1) is 6.72. The monoisotopic (exact) mass is 207 g/mol. The van der Waals surface area contributed by atoms with E-state index in [-0.39, 0.29) is 0 Å². The van der Waals surface area contributed by atoms with Crippen molar-refractivity contribution in [2.24, 2.45) is 0 Å². The number of halogens is 1. The molecule has 1 aromatic carbocycles. The van der Waals surface area contributed by atoms with Crippen LogP contribution in [0.5, 0.6) is 5.75 Å². The molecule has 0 spiro atoms. The van der Waals surface area contributed by atoms with E-state index < -0.39 is 0 Å². The first-order valence-electron chi connectivity index (χ1n) is 4.13. The largest absolute Gasteiger partial charge is 0.496 e. The third-order valence-electron chi connectivity index (χ3n) is 1.86. The van der Waals surface area contributed by atoms with Crippen molar-refractivity contribution in [1.29, 1.82) is 5.26 Å². The zero-order chi connectivity index (χ0) is 10.6. The van der Waals surface area contributed by atoms with Crippen LogP contribution >= 0.6 is 11.6 Å². The molecule has 1 aromatic rings. The Bertz CT molecular complexity index is 404. The van der Waals surface area contributed by atoms with Gasteiger partial charge in [-0.2, -0.15) is 5.26 Å². The predicted octanol–water partition coefficient (Wildman–Crippen LogP) is 3.28. The van der Waals surface area contributed by atoms with E-state index >= 15 is 0 Å². The molecule has 0 N–H and O–H groups in total. The number of nitrogens with zero attached hydrogens (tertiary/aromatic N) is 1. The quantitative estimate of drug-likeness (QED) is 0.698. The van der Waals surface area contributed by atoms with Gasteiger partial charge in [0.2, 0.25) is 0 Å². The molecular weight excluding hydrogens is 198 g/mol. The fourth-order valence-corrected chi connectivity index (χ4v) is 1.34. The highest BCUT2D eigenvalue weighted by molar-refractivity contribution is 6.30. The molecule has 0 radical (unpaired) electrons. The summed E-state index contributed by atoms with van der Waals surface area (Å²) < 4.78 is 5.13. The maximum atomic E-state index is 8.87. The van der Waals surface area contributed by atoms with E-state index in [4.69, 9.17) is 21.6 Å². The van der Waals surface area contributed by atoms with Crippen LogP contribution in [-0.2, 0) is 0 Å². The molecule has 0 heterocycles. The lowest BCUT2D eigenvalue weighted by Gasteiger charge is -2.06. The minimum atomic E-state index is 0.560. The predicted molar refractivity (Wildman–Crippen MR) is 57.3 cm³/mol. The molecule has 0 aliphatic heterocycles. The molecule has 0 unspecified atom stereocenters. The second kappa shape index (κ2) is 4.69. The molecule has 0 saturated heterocycles. The van der Waals surface area contributed by atoms with E-state index in [1.54, 1.807) is 38.3 Å². The Kier molecular flexibility index (Phi) is 3.55. The topological polar surface area (TPSA) is 33.0 Å². The molecule has 72 valence electrons. The van der Waals surface area contributed by atoms with Crippen LogP contribution in [0.25, 0.3) is 5.57 Å². The number of ether oxygens (including phenoxy) is 1. The van der Waals surface area contributed by atoms with Crippen molar-refractivity contribution in [2.75, 3.05) is 7.11 Å². The van der Waals surface area contributed by atoms with Crippen LogP contribution < -0.4 is 4.74 Å². The van der Waals surface area contributed by atoms with Gasteiger partial charge in [-0.05, 0) is 25.1 Å². The first kappa shape index (κ1) is 10.6. The van der Waals surface area contributed by atoms with Crippen LogP contribution in [0.2, 0.25) is 5.02 Å². The SMILES string of the molecule is C/C=C(\C#N)c1cc(Cl)ccc1OC. The first-order valence-corrected chi connectivity index (χ1v) is 4.51. The van der Waals surface area contributed by atoms with Gasteiger partial charge in [-0.1, -0.05) is 17.7 Å². The van der Waals surface area contributed by atoms with Crippen LogP contribution in [-0.4, -0.2) is 7.11 Å². The van der Waals surface area contributed by atoms with Gasteiger partial charge >= 0.3 is 0 Å². The fraction of sp³-hybridized carbons (Fsp3) is 0.182. The van der Waals surface area contributed by atoms with Crippen LogP contribution in [0, 0.1) is 11.3 Å². The summed E-state index contributed by atoms with van der Waals surface area (Å²) in [4.78, 5) is 0. The zero-order valence-corrected chi connectivity index (χ0v) is 8.80. The van der Waals surface area contributed by atoms with E-state index in [2.05, 4.69) is 6.07 Å². The number of hydrogen-bond donors (Lipinski definition) is 0. The summed E-state index contributed by atoms with van der Waals surface area (Å²) in [5.74, 6) is 0.657. The second-order valence-electron chi connectivity index (χ2n) is 2.66.